The fourth-order valence-corrected chi connectivity index (χ4v) is 5.75. The minimum absolute atomic E-state index is 0.0628. The van der Waals surface area contributed by atoms with Crippen LogP contribution in [-0.4, -0.2) is 39.7 Å². The van der Waals surface area contributed by atoms with Crippen molar-refractivity contribution in [2.45, 2.75) is 94.3 Å². The third-order valence-corrected chi connectivity index (χ3v) is 6.57. The molecule has 2 aliphatic rings. The molecule has 2 atom stereocenters. The molecule has 0 aromatic heterocycles. The van der Waals surface area contributed by atoms with Gasteiger partial charge in [-0.15, -0.1) is 0 Å². The van der Waals surface area contributed by atoms with Crippen molar-refractivity contribution >= 4 is 25.2 Å². The Kier molecular flexibility index (Phi) is 7.33. The van der Waals surface area contributed by atoms with Crippen LogP contribution in [0.15, 0.2) is 24.3 Å². The lowest BCUT2D eigenvalue weighted by Crippen LogP contribution is -2.40. The van der Waals surface area contributed by atoms with Gasteiger partial charge in [0.15, 0.2) is 0 Å². The first kappa shape index (κ1) is 25.8. The van der Waals surface area contributed by atoms with E-state index in [4.69, 9.17) is 18.6 Å². The summed E-state index contributed by atoms with van der Waals surface area (Å²) in [4.78, 5) is 0. The quantitative estimate of drug-likeness (QED) is 0.592. The molecule has 1 aromatic carbocycles. The Bertz CT molecular complexity index is 697. The maximum absolute atomic E-state index is 6.35. The summed E-state index contributed by atoms with van der Waals surface area (Å²) < 4.78 is 24.8. The largest absolute Gasteiger partial charge is 0.494 e. The Morgan fingerprint density at radius 1 is 0.625 bits per heavy atom. The normalized spacial score (nSPS) is 23.3. The van der Waals surface area contributed by atoms with E-state index < -0.39 is 0 Å². The first-order valence-electron chi connectivity index (χ1n) is 12.2. The van der Waals surface area contributed by atoms with Gasteiger partial charge in [-0.05, 0) is 45.4 Å². The molecule has 2 saturated heterocycles. The van der Waals surface area contributed by atoms with Gasteiger partial charge in [0.1, 0.15) is 0 Å². The smallest absolute Gasteiger partial charge is 0.405 e. The second-order valence-electron chi connectivity index (χ2n) is 13.7. The Morgan fingerprint density at radius 3 is 1.22 bits per heavy atom. The maximum Gasteiger partial charge on any atom is 0.494 e. The van der Waals surface area contributed by atoms with Gasteiger partial charge >= 0.3 is 14.2 Å². The zero-order valence-electron chi connectivity index (χ0n) is 22.1. The van der Waals surface area contributed by atoms with E-state index in [0.717, 1.165) is 23.8 Å². The van der Waals surface area contributed by atoms with Crippen molar-refractivity contribution in [2.24, 2.45) is 21.7 Å². The van der Waals surface area contributed by atoms with Crippen molar-refractivity contribution in [1.29, 1.82) is 0 Å². The van der Waals surface area contributed by atoms with Crippen molar-refractivity contribution in [1.82, 2.24) is 0 Å². The van der Waals surface area contributed by atoms with Gasteiger partial charge in [0.05, 0.1) is 25.4 Å². The van der Waals surface area contributed by atoms with Gasteiger partial charge in [0.2, 0.25) is 0 Å². The SMILES string of the molecule is CC(C)(C)CC(C)(C)C1COB(c2ccc(B3OCC(C(C)(C)CC(C)(C)C)O3)cc2)O1. The minimum atomic E-state index is -0.308. The Labute approximate surface area is 197 Å². The molecule has 0 N–H and O–H groups in total. The molecule has 0 saturated carbocycles. The summed E-state index contributed by atoms with van der Waals surface area (Å²) in [6, 6.07) is 8.33. The zero-order chi connectivity index (χ0) is 23.9. The van der Waals surface area contributed by atoms with E-state index in [2.05, 4.69) is 93.5 Å². The highest BCUT2D eigenvalue weighted by atomic mass is 16.6. The van der Waals surface area contributed by atoms with E-state index in [1.807, 2.05) is 0 Å². The van der Waals surface area contributed by atoms with Crippen LogP contribution in [0.4, 0.5) is 0 Å². The molecule has 4 nitrogen and oxygen atoms in total. The lowest BCUT2D eigenvalue weighted by atomic mass is 9.71. The number of rotatable bonds is 6. The molecule has 6 heteroatoms. The summed E-state index contributed by atoms with van der Waals surface area (Å²) >= 11 is 0. The summed E-state index contributed by atoms with van der Waals surface area (Å²) in [5.41, 5.74) is 2.73. The molecule has 2 heterocycles. The van der Waals surface area contributed by atoms with Gasteiger partial charge in [0.25, 0.3) is 0 Å². The predicted molar refractivity (Wildman–Crippen MR) is 135 cm³/mol. The second-order valence-corrected chi connectivity index (χ2v) is 13.7. The Balaban J connectivity index is 1.59. The van der Waals surface area contributed by atoms with Gasteiger partial charge in [-0.1, -0.05) is 93.5 Å². The van der Waals surface area contributed by atoms with E-state index in [0.29, 0.717) is 13.2 Å². The van der Waals surface area contributed by atoms with Gasteiger partial charge in [-0.2, -0.15) is 0 Å². The van der Waals surface area contributed by atoms with Crippen LogP contribution >= 0.6 is 0 Å². The summed E-state index contributed by atoms with van der Waals surface area (Å²) in [5.74, 6) is 0. The first-order valence-corrected chi connectivity index (χ1v) is 12.2. The van der Waals surface area contributed by atoms with Gasteiger partial charge in [0, 0.05) is 0 Å². The molecule has 0 amide bonds. The topological polar surface area (TPSA) is 36.9 Å². The van der Waals surface area contributed by atoms with Gasteiger partial charge < -0.3 is 18.6 Å². The number of hydrogen-bond donors (Lipinski definition) is 0. The predicted octanol–water partition coefficient (Wildman–Crippen LogP) is 4.83. The highest BCUT2D eigenvalue weighted by Gasteiger charge is 2.44. The fraction of sp³-hybridized carbons (Fsp3) is 0.769. The van der Waals surface area contributed by atoms with E-state index in [9.17, 15) is 0 Å². The summed E-state index contributed by atoms with van der Waals surface area (Å²) in [7, 11) is -0.616. The van der Waals surface area contributed by atoms with Crippen LogP contribution in [-0.2, 0) is 18.6 Å². The van der Waals surface area contributed by atoms with E-state index in [1.54, 1.807) is 0 Å². The second kappa shape index (κ2) is 9.09. The van der Waals surface area contributed by atoms with Crippen LogP contribution in [0.1, 0.15) is 82.1 Å². The highest BCUT2D eigenvalue weighted by Crippen LogP contribution is 2.40. The summed E-state index contributed by atoms with van der Waals surface area (Å²) in [6.07, 6.45) is 2.36. The van der Waals surface area contributed by atoms with Crippen LogP contribution < -0.4 is 10.9 Å². The van der Waals surface area contributed by atoms with Crippen molar-refractivity contribution in [3.05, 3.63) is 24.3 Å². The average Bonchev–Trinajstić information content (AvgIpc) is 3.28. The van der Waals surface area contributed by atoms with Gasteiger partial charge in [-0.25, -0.2) is 0 Å². The fourth-order valence-electron chi connectivity index (χ4n) is 5.75. The Morgan fingerprint density at radius 2 is 0.938 bits per heavy atom. The van der Waals surface area contributed by atoms with Crippen LogP contribution in [0, 0.1) is 21.7 Å². The molecule has 0 radical (unpaired) electrons. The van der Waals surface area contributed by atoms with Crippen molar-refractivity contribution in [3.8, 4) is 0 Å². The van der Waals surface area contributed by atoms with Crippen molar-refractivity contribution < 1.29 is 18.6 Å². The summed E-state index contributed by atoms with van der Waals surface area (Å²) in [6.45, 7) is 24.1. The molecular formula is C26H44B2O4. The zero-order valence-corrected chi connectivity index (χ0v) is 22.1. The molecule has 0 aliphatic carbocycles. The van der Waals surface area contributed by atoms with Crippen LogP contribution in [0.3, 0.4) is 0 Å². The lowest BCUT2D eigenvalue weighted by Gasteiger charge is -2.36. The maximum atomic E-state index is 6.35. The monoisotopic (exact) mass is 442 g/mol. The highest BCUT2D eigenvalue weighted by molar-refractivity contribution is 6.63. The van der Waals surface area contributed by atoms with Crippen molar-refractivity contribution in [3.63, 3.8) is 0 Å². The number of benzene rings is 1. The van der Waals surface area contributed by atoms with Crippen LogP contribution in [0.2, 0.25) is 0 Å². The van der Waals surface area contributed by atoms with Crippen LogP contribution in [0.5, 0.6) is 0 Å². The minimum Gasteiger partial charge on any atom is -0.405 e. The molecule has 2 unspecified atom stereocenters. The summed E-state index contributed by atoms with van der Waals surface area (Å²) in [5, 5.41) is 0. The molecule has 0 bridgehead atoms. The van der Waals surface area contributed by atoms with E-state index in [-0.39, 0.29) is 48.1 Å². The molecule has 2 aliphatic heterocycles. The van der Waals surface area contributed by atoms with Crippen LogP contribution in [0.25, 0.3) is 0 Å². The molecule has 2 fully saturated rings. The molecular weight excluding hydrogens is 398 g/mol. The lowest BCUT2D eigenvalue weighted by molar-refractivity contribution is 0.0545. The standard InChI is InChI=1S/C26H44B2O4/c1-23(2,3)17-25(7,8)21-15-29-27(31-21)19-11-13-20(14-12-19)28-30-16-22(32-28)26(9,10)18-24(4,5)6/h11-14,21-22H,15-18H2,1-10H3. The molecule has 1 aromatic rings. The third-order valence-electron chi connectivity index (χ3n) is 6.57. The first-order chi connectivity index (χ1) is 14.6. The molecule has 32 heavy (non-hydrogen) atoms. The Hall–Kier alpha value is -0.810. The van der Waals surface area contributed by atoms with Crippen molar-refractivity contribution in [2.75, 3.05) is 13.2 Å². The number of hydrogen-bond acceptors (Lipinski definition) is 4. The van der Waals surface area contributed by atoms with E-state index >= 15 is 0 Å². The third kappa shape index (κ3) is 6.62. The molecule has 0 spiro atoms. The van der Waals surface area contributed by atoms with Gasteiger partial charge in [-0.3, -0.25) is 0 Å². The molecule has 3 rings (SSSR count). The molecule has 178 valence electrons. The average molecular weight is 442 g/mol. The van der Waals surface area contributed by atoms with E-state index in [1.165, 1.54) is 0 Å².